The number of nitrogens with one attached hydrogen (secondary N) is 1. The number of hydrogen-bond donors (Lipinski definition) is 2. The largest absolute Gasteiger partial charge is 0.385 e. The van der Waals surface area contributed by atoms with Gasteiger partial charge in [-0.1, -0.05) is 45.0 Å². The molecule has 0 aliphatic rings. The standard InChI is InChI=1S/C17H25N3O/c1-17(2,3)13-7-5-12(6-8-13)15-11-19-16(20-15)14(18)9-10-21-4/h5-8,11,14H,9-10,18H2,1-4H3,(H,19,20). The Kier molecular flexibility index (Phi) is 4.80. The summed E-state index contributed by atoms with van der Waals surface area (Å²) < 4.78 is 5.05. The molecule has 3 N–H and O–H groups in total. The van der Waals surface area contributed by atoms with Crippen molar-refractivity contribution in [2.24, 2.45) is 5.73 Å². The van der Waals surface area contributed by atoms with Crippen molar-refractivity contribution in [3.05, 3.63) is 41.9 Å². The number of nitrogens with two attached hydrogens (primary N) is 1. The minimum atomic E-state index is -0.118. The summed E-state index contributed by atoms with van der Waals surface area (Å²) in [6.07, 6.45) is 2.60. The molecular formula is C17H25N3O. The fourth-order valence-electron chi connectivity index (χ4n) is 2.20. The summed E-state index contributed by atoms with van der Waals surface area (Å²) in [5.41, 5.74) is 9.69. The van der Waals surface area contributed by atoms with Gasteiger partial charge in [0, 0.05) is 13.7 Å². The average molecular weight is 287 g/mol. The van der Waals surface area contributed by atoms with Crippen LogP contribution in [0.4, 0.5) is 0 Å². The Bertz CT molecular complexity index is 566. The van der Waals surface area contributed by atoms with Crippen LogP contribution in [0.15, 0.2) is 30.5 Å². The maximum absolute atomic E-state index is 6.08. The van der Waals surface area contributed by atoms with Gasteiger partial charge in [0.15, 0.2) is 0 Å². The van der Waals surface area contributed by atoms with E-state index in [-0.39, 0.29) is 11.5 Å². The molecule has 114 valence electrons. The van der Waals surface area contributed by atoms with Gasteiger partial charge in [0.1, 0.15) is 5.82 Å². The minimum absolute atomic E-state index is 0.118. The SMILES string of the molecule is COCCC(N)c1ncc(-c2ccc(C(C)(C)C)cc2)[nH]1. The van der Waals surface area contributed by atoms with Gasteiger partial charge in [-0.15, -0.1) is 0 Å². The number of H-pyrrole nitrogens is 1. The first-order chi connectivity index (χ1) is 9.91. The molecule has 0 spiro atoms. The fourth-order valence-corrected chi connectivity index (χ4v) is 2.20. The summed E-state index contributed by atoms with van der Waals surface area (Å²) in [5.74, 6) is 0.807. The number of aromatic nitrogens is 2. The molecule has 1 aromatic heterocycles. The van der Waals surface area contributed by atoms with Crippen LogP contribution in [0, 0.1) is 0 Å². The predicted molar refractivity (Wildman–Crippen MR) is 86.1 cm³/mol. The van der Waals surface area contributed by atoms with Crippen LogP contribution in [0.1, 0.15) is 44.6 Å². The van der Waals surface area contributed by atoms with E-state index in [1.807, 2.05) is 6.20 Å². The van der Waals surface area contributed by atoms with E-state index in [4.69, 9.17) is 10.5 Å². The van der Waals surface area contributed by atoms with Gasteiger partial charge in [0.25, 0.3) is 0 Å². The molecule has 0 aliphatic heterocycles. The molecule has 4 heteroatoms. The van der Waals surface area contributed by atoms with Crippen LogP contribution in [0.3, 0.4) is 0 Å². The topological polar surface area (TPSA) is 63.9 Å². The van der Waals surface area contributed by atoms with Crippen molar-refractivity contribution >= 4 is 0 Å². The third kappa shape index (κ3) is 3.93. The van der Waals surface area contributed by atoms with Crippen molar-refractivity contribution in [1.82, 2.24) is 9.97 Å². The number of imidazole rings is 1. The summed E-state index contributed by atoms with van der Waals surface area (Å²) in [6.45, 7) is 7.28. The molecule has 0 bridgehead atoms. The molecule has 0 fully saturated rings. The second-order valence-corrected chi connectivity index (χ2v) is 6.40. The van der Waals surface area contributed by atoms with Crippen LogP contribution in [0.5, 0.6) is 0 Å². The molecule has 1 heterocycles. The molecule has 1 atom stereocenters. The van der Waals surface area contributed by atoms with Crippen LogP contribution in [-0.4, -0.2) is 23.7 Å². The third-order valence-electron chi connectivity index (χ3n) is 3.64. The molecule has 0 saturated carbocycles. The smallest absolute Gasteiger partial charge is 0.123 e. The molecular weight excluding hydrogens is 262 g/mol. The minimum Gasteiger partial charge on any atom is -0.385 e. The first-order valence-corrected chi connectivity index (χ1v) is 7.32. The molecule has 0 radical (unpaired) electrons. The zero-order valence-electron chi connectivity index (χ0n) is 13.3. The summed E-state index contributed by atoms with van der Waals surface area (Å²) in [4.78, 5) is 7.69. The maximum atomic E-state index is 6.08. The second kappa shape index (κ2) is 6.41. The summed E-state index contributed by atoms with van der Waals surface area (Å²) in [6, 6.07) is 8.46. The van der Waals surface area contributed by atoms with E-state index >= 15 is 0 Å². The lowest BCUT2D eigenvalue weighted by Crippen LogP contribution is -2.14. The van der Waals surface area contributed by atoms with Crippen molar-refractivity contribution in [1.29, 1.82) is 0 Å². The molecule has 2 rings (SSSR count). The van der Waals surface area contributed by atoms with E-state index < -0.39 is 0 Å². The van der Waals surface area contributed by atoms with Gasteiger partial charge in [0.2, 0.25) is 0 Å². The quantitative estimate of drug-likeness (QED) is 0.885. The van der Waals surface area contributed by atoms with Gasteiger partial charge in [-0.3, -0.25) is 0 Å². The lowest BCUT2D eigenvalue weighted by atomic mass is 9.86. The fraction of sp³-hybridized carbons (Fsp3) is 0.471. The van der Waals surface area contributed by atoms with Gasteiger partial charge in [-0.25, -0.2) is 4.98 Å². The molecule has 1 aromatic carbocycles. The lowest BCUT2D eigenvalue weighted by Gasteiger charge is -2.18. The Morgan fingerprint density at radius 1 is 1.24 bits per heavy atom. The van der Waals surface area contributed by atoms with E-state index in [0.29, 0.717) is 6.61 Å². The van der Waals surface area contributed by atoms with E-state index in [9.17, 15) is 0 Å². The molecule has 1 unspecified atom stereocenters. The van der Waals surface area contributed by atoms with Gasteiger partial charge >= 0.3 is 0 Å². The number of hydrogen-bond acceptors (Lipinski definition) is 3. The number of benzene rings is 1. The predicted octanol–water partition coefficient (Wildman–Crippen LogP) is 3.41. The monoisotopic (exact) mass is 287 g/mol. The van der Waals surface area contributed by atoms with Crippen LogP contribution in [0.25, 0.3) is 11.3 Å². The number of aromatic amines is 1. The zero-order valence-corrected chi connectivity index (χ0v) is 13.3. The van der Waals surface area contributed by atoms with E-state index in [2.05, 4.69) is 55.0 Å². The van der Waals surface area contributed by atoms with Crippen LogP contribution in [-0.2, 0) is 10.2 Å². The van der Waals surface area contributed by atoms with Gasteiger partial charge in [0.05, 0.1) is 17.9 Å². The number of rotatable bonds is 5. The Balaban J connectivity index is 2.14. The Morgan fingerprint density at radius 3 is 2.48 bits per heavy atom. The first-order valence-electron chi connectivity index (χ1n) is 7.32. The van der Waals surface area contributed by atoms with Crippen LogP contribution < -0.4 is 5.73 Å². The van der Waals surface area contributed by atoms with Crippen LogP contribution in [0.2, 0.25) is 0 Å². The highest BCUT2D eigenvalue weighted by Gasteiger charge is 2.14. The normalized spacial score (nSPS) is 13.4. The first kappa shape index (κ1) is 15.7. The van der Waals surface area contributed by atoms with Crippen molar-refractivity contribution in [2.45, 2.75) is 38.6 Å². The summed E-state index contributed by atoms with van der Waals surface area (Å²) in [7, 11) is 1.68. The molecule has 0 amide bonds. The molecule has 21 heavy (non-hydrogen) atoms. The number of nitrogens with zero attached hydrogens (tertiary/aromatic N) is 1. The highest BCUT2D eigenvalue weighted by Crippen LogP contribution is 2.26. The van der Waals surface area contributed by atoms with E-state index in [1.54, 1.807) is 7.11 Å². The Labute approximate surface area is 126 Å². The summed E-state index contributed by atoms with van der Waals surface area (Å²) in [5, 5.41) is 0. The van der Waals surface area contributed by atoms with Crippen LogP contribution >= 0.6 is 0 Å². The van der Waals surface area contributed by atoms with Crippen molar-refractivity contribution in [3.63, 3.8) is 0 Å². The third-order valence-corrected chi connectivity index (χ3v) is 3.64. The maximum Gasteiger partial charge on any atom is 0.123 e. The number of ether oxygens (including phenoxy) is 1. The molecule has 0 aliphatic carbocycles. The zero-order chi connectivity index (χ0) is 15.5. The Hall–Kier alpha value is -1.65. The second-order valence-electron chi connectivity index (χ2n) is 6.40. The van der Waals surface area contributed by atoms with Crippen molar-refractivity contribution in [3.8, 4) is 11.3 Å². The average Bonchev–Trinajstić information content (AvgIpc) is 2.94. The molecule has 2 aromatic rings. The Morgan fingerprint density at radius 2 is 1.90 bits per heavy atom. The lowest BCUT2D eigenvalue weighted by molar-refractivity contribution is 0.187. The summed E-state index contributed by atoms with van der Waals surface area (Å²) >= 11 is 0. The van der Waals surface area contributed by atoms with Gasteiger partial charge in [-0.2, -0.15) is 0 Å². The molecule has 0 saturated heterocycles. The molecule has 4 nitrogen and oxygen atoms in total. The number of methoxy groups -OCH3 is 1. The van der Waals surface area contributed by atoms with Crippen molar-refractivity contribution < 1.29 is 4.74 Å². The van der Waals surface area contributed by atoms with Gasteiger partial charge < -0.3 is 15.5 Å². The highest BCUT2D eigenvalue weighted by molar-refractivity contribution is 5.59. The van der Waals surface area contributed by atoms with E-state index in [1.165, 1.54) is 5.56 Å². The van der Waals surface area contributed by atoms with Gasteiger partial charge in [-0.05, 0) is 23.0 Å². The highest BCUT2D eigenvalue weighted by atomic mass is 16.5. The van der Waals surface area contributed by atoms with Crippen molar-refractivity contribution in [2.75, 3.05) is 13.7 Å². The van der Waals surface area contributed by atoms with E-state index in [0.717, 1.165) is 23.5 Å².